The number of benzene rings is 2. The molecule has 2 aromatic carbocycles. The zero-order valence-electron chi connectivity index (χ0n) is 13.0. The van der Waals surface area contributed by atoms with Crippen LogP contribution in [0.4, 0.5) is 0 Å². The Labute approximate surface area is 132 Å². The number of methoxy groups -OCH3 is 1. The van der Waals surface area contributed by atoms with Crippen molar-refractivity contribution in [2.45, 2.75) is 25.2 Å². The molecule has 0 aromatic heterocycles. The first-order valence-electron chi connectivity index (χ1n) is 7.79. The van der Waals surface area contributed by atoms with E-state index in [9.17, 15) is 0 Å². The molecule has 1 aliphatic heterocycles. The summed E-state index contributed by atoms with van der Waals surface area (Å²) in [5.41, 5.74) is 2.64. The van der Waals surface area contributed by atoms with Crippen LogP contribution in [0.25, 0.3) is 0 Å². The van der Waals surface area contributed by atoms with Crippen molar-refractivity contribution in [3.63, 3.8) is 0 Å². The molecule has 2 aromatic rings. The van der Waals surface area contributed by atoms with Gasteiger partial charge in [-0.2, -0.15) is 0 Å². The maximum absolute atomic E-state index is 5.65. The summed E-state index contributed by atoms with van der Waals surface area (Å²) >= 11 is 0. The van der Waals surface area contributed by atoms with Gasteiger partial charge in [-0.3, -0.25) is 4.90 Å². The fourth-order valence-corrected chi connectivity index (χ4v) is 3.02. The van der Waals surface area contributed by atoms with Crippen molar-refractivity contribution in [1.82, 2.24) is 4.90 Å². The van der Waals surface area contributed by atoms with E-state index < -0.39 is 0 Å². The molecule has 0 N–H and O–H groups in total. The summed E-state index contributed by atoms with van der Waals surface area (Å²) in [6.07, 6.45) is 0.146. The monoisotopic (exact) mass is 297 g/mol. The third-order valence-electron chi connectivity index (χ3n) is 4.23. The van der Waals surface area contributed by atoms with Crippen LogP contribution in [0.1, 0.15) is 11.1 Å². The zero-order valence-corrected chi connectivity index (χ0v) is 13.0. The van der Waals surface area contributed by atoms with Crippen LogP contribution >= 0.6 is 0 Å². The van der Waals surface area contributed by atoms with Crippen LogP contribution in [0, 0.1) is 0 Å². The molecule has 1 aliphatic rings. The van der Waals surface area contributed by atoms with Gasteiger partial charge in [0.25, 0.3) is 0 Å². The van der Waals surface area contributed by atoms with E-state index in [0.717, 1.165) is 19.7 Å². The molecular formula is C19H23NO2. The van der Waals surface area contributed by atoms with Crippen molar-refractivity contribution < 1.29 is 9.47 Å². The van der Waals surface area contributed by atoms with E-state index in [2.05, 4.69) is 65.6 Å². The first-order valence-corrected chi connectivity index (χ1v) is 7.79. The second kappa shape index (κ2) is 7.54. The predicted molar refractivity (Wildman–Crippen MR) is 87.5 cm³/mol. The summed E-state index contributed by atoms with van der Waals surface area (Å²) in [4.78, 5) is 2.46. The highest BCUT2D eigenvalue weighted by molar-refractivity contribution is 5.17. The number of ether oxygens (including phenoxy) is 2. The summed E-state index contributed by atoms with van der Waals surface area (Å²) in [6, 6.07) is 21.5. The van der Waals surface area contributed by atoms with Gasteiger partial charge in [0.15, 0.2) is 0 Å². The number of hydrogen-bond donors (Lipinski definition) is 0. The largest absolute Gasteiger partial charge is 0.377 e. The molecule has 3 nitrogen and oxygen atoms in total. The lowest BCUT2D eigenvalue weighted by Gasteiger charge is -2.31. The molecule has 1 heterocycles. The van der Waals surface area contributed by atoms with Crippen LogP contribution < -0.4 is 0 Å². The second-order valence-electron chi connectivity index (χ2n) is 5.76. The molecule has 0 aliphatic carbocycles. The molecule has 1 fully saturated rings. The highest BCUT2D eigenvalue weighted by Gasteiger charge is 2.33. The molecule has 0 bridgehead atoms. The first-order chi connectivity index (χ1) is 10.9. The van der Waals surface area contributed by atoms with Gasteiger partial charge in [0, 0.05) is 20.2 Å². The molecule has 0 radical (unpaired) electrons. The van der Waals surface area contributed by atoms with Crippen LogP contribution in [-0.4, -0.2) is 37.4 Å². The van der Waals surface area contributed by atoms with Crippen molar-refractivity contribution >= 4 is 0 Å². The minimum Gasteiger partial charge on any atom is -0.377 e. The summed E-state index contributed by atoms with van der Waals surface area (Å²) in [6.45, 7) is 3.23. The van der Waals surface area contributed by atoms with E-state index in [1.807, 2.05) is 0 Å². The lowest BCUT2D eigenvalue weighted by atomic mass is 10.1. The third kappa shape index (κ3) is 3.74. The minimum absolute atomic E-state index is 0.146. The fraction of sp³-hybridized carbons (Fsp3) is 0.368. The highest BCUT2D eigenvalue weighted by atomic mass is 16.5. The van der Waals surface area contributed by atoms with Gasteiger partial charge in [0.05, 0.1) is 25.4 Å². The van der Waals surface area contributed by atoms with E-state index in [1.165, 1.54) is 11.1 Å². The predicted octanol–water partition coefficient (Wildman–Crippen LogP) is 3.10. The van der Waals surface area contributed by atoms with Gasteiger partial charge in [-0.25, -0.2) is 0 Å². The van der Waals surface area contributed by atoms with Gasteiger partial charge in [-0.05, 0) is 11.1 Å². The Hall–Kier alpha value is -1.68. The fourth-order valence-electron chi connectivity index (χ4n) is 3.02. The van der Waals surface area contributed by atoms with Gasteiger partial charge in [-0.1, -0.05) is 60.7 Å². The molecule has 22 heavy (non-hydrogen) atoms. The average molecular weight is 297 g/mol. The standard InChI is InChI=1S/C19H23NO2/c1-21-19-15-22-14-18(19)20(12-16-8-4-2-5-9-16)13-17-10-6-3-7-11-17/h2-11,18-19H,12-15H2,1H3. The minimum atomic E-state index is 0.146. The summed E-state index contributed by atoms with van der Waals surface area (Å²) in [5, 5.41) is 0. The molecule has 116 valence electrons. The molecule has 3 heteroatoms. The molecule has 3 rings (SSSR count). The van der Waals surface area contributed by atoms with E-state index >= 15 is 0 Å². The molecule has 2 atom stereocenters. The average Bonchev–Trinajstić information content (AvgIpc) is 3.05. The Morgan fingerprint density at radius 1 is 0.909 bits per heavy atom. The zero-order chi connectivity index (χ0) is 15.2. The topological polar surface area (TPSA) is 21.7 Å². The first kappa shape index (κ1) is 15.2. The molecule has 1 saturated heterocycles. The summed E-state index contributed by atoms with van der Waals surface area (Å²) in [7, 11) is 1.77. The van der Waals surface area contributed by atoms with Gasteiger partial charge in [0.1, 0.15) is 0 Å². The van der Waals surface area contributed by atoms with Gasteiger partial charge >= 0.3 is 0 Å². The normalized spacial score (nSPS) is 21.4. The number of nitrogens with zero attached hydrogens (tertiary/aromatic N) is 1. The van der Waals surface area contributed by atoms with Crippen molar-refractivity contribution in [1.29, 1.82) is 0 Å². The number of hydrogen-bond acceptors (Lipinski definition) is 3. The molecular weight excluding hydrogens is 274 g/mol. The van der Waals surface area contributed by atoms with Gasteiger partial charge in [-0.15, -0.1) is 0 Å². The Kier molecular flexibility index (Phi) is 5.22. The lowest BCUT2D eigenvalue weighted by molar-refractivity contribution is 0.0345. The maximum Gasteiger partial charge on any atom is 0.0982 e. The van der Waals surface area contributed by atoms with Crippen molar-refractivity contribution in [3.8, 4) is 0 Å². The smallest absolute Gasteiger partial charge is 0.0982 e. The van der Waals surface area contributed by atoms with E-state index in [-0.39, 0.29) is 6.10 Å². The van der Waals surface area contributed by atoms with Crippen LogP contribution in [-0.2, 0) is 22.6 Å². The van der Waals surface area contributed by atoms with Crippen LogP contribution in [0.15, 0.2) is 60.7 Å². The Morgan fingerprint density at radius 3 is 1.95 bits per heavy atom. The van der Waals surface area contributed by atoms with E-state index in [4.69, 9.17) is 9.47 Å². The van der Waals surface area contributed by atoms with Crippen molar-refractivity contribution in [2.24, 2.45) is 0 Å². The van der Waals surface area contributed by atoms with Gasteiger partial charge < -0.3 is 9.47 Å². The van der Waals surface area contributed by atoms with Crippen LogP contribution in [0.5, 0.6) is 0 Å². The SMILES string of the molecule is COC1COCC1N(Cc1ccccc1)Cc1ccccc1. The van der Waals surface area contributed by atoms with E-state index in [0.29, 0.717) is 12.6 Å². The number of rotatable bonds is 6. The Balaban J connectivity index is 1.78. The third-order valence-corrected chi connectivity index (χ3v) is 4.23. The van der Waals surface area contributed by atoms with Crippen LogP contribution in [0.3, 0.4) is 0 Å². The molecule has 0 amide bonds. The van der Waals surface area contributed by atoms with Crippen molar-refractivity contribution in [3.05, 3.63) is 71.8 Å². The quantitative estimate of drug-likeness (QED) is 0.818. The summed E-state index contributed by atoms with van der Waals surface area (Å²) < 4.78 is 11.3. The van der Waals surface area contributed by atoms with Crippen molar-refractivity contribution in [2.75, 3.05) is 20.3 Å². The maximum atomic E-state index is 5.65. The van der Waals surface area contributed by atoms with Crippen LogP contribution in [0.2, 0.25) is 0 Å². The lowest BCUT2D eigenvalue weighted by Crippen LogP contribution is -2.43. The Morgan fingerprint density at radius 2 is 1.45 bits per heavy atom. The highest BCUT2D eigenvalue weighted by Crippen LogP contribution is 2.21. The second-order valence-corrected chi connectivity index (χ2v) is 5.76. The Bertz CT molecular complexity index is 517. The molecule has 2 unspecified atom stereocenters. The molecule has 0 saturated carbocycles. The molecule has 0 spiro atoms. The van der Waals surface area contributed by atoms with Gasteiger partial charge in [0.2, 0.25) is 0 Å². The summed E-state index contributed by atoms with van der Waals surface area (Å²) in [5.74, 6) is 0. The van der Waals surface area contributed by atoms with E-state index in [1.54, 1.807) is 7.11 Å².